The molecular formula is C13H16MnNO6S-. The molecule has 0 aliphatic heterocycles. The first kappa shape index (κ1) is 29.0. The van der Waals surface area contributed by atoms with Gasteiger partial charge in [0.05, 0.1) is 5.60 Å². The number of rotatable bonds is 3. The van der Waals surface area contributed by atoms with Gasteiger partial charge in [-0.25, -0.2) is 24.9 Å². The monoisotopic (exact) mass is 369 g/mol. The van der Waals surface area contributed by atoms with Crippen LogP contribution in [0, 0.1) is 20.0 Å². The van der Waals surface area contributed by atoms with Crippen LogP contribution in [0.4, 0.5) is 0 Å². The summed E-state index contributed by atoms with van der Waals surface area (Å²) in [5.41, 5.74) is -0.724. The second-order valence-corrected chi connectivity index (χ2v) is 6.27. The molecule has 0 aliphatic rings. The topological polar surface area (TPSA) is 117 Å². The fourth-order valence-corrected chi connectivity index (χ4v) is 2.57. The van der Waals surface area contributed by atoms with E-state index < -0.39 is 15.6 Å². The second-order valence-electron chi connectivity index (χ2n) is 4.15. The first-order chi connectivity index (χ1) is 9.67. The predicted octanol–water partition coefficient (Wildman–Crippen LogP) is 0.768. The third kappa shape index (κ3) is 8.41. The zero-order valence-electron chi connectivity index (χ0n) is 12.5. The van der Waals surface area contributed by atoms with E-state index >= 15 is 0 Å². The maximum Gasteiger partial charge on any atom is 0 e. The van der Waals surface area contributed by atoms with E-state index in [9.17, 15) is 13.5 Å². The Morgan fingerprint density at radius 1 is 1.14 bits per heavy atom. The van der Waals surface area contributed by atoms with Crippen LogP contribution in [-0.4, -0.2) is 31.9 Å². The number of sulfonamides is 1. The summed E-state index contributed by atoms with van der Waals surface area (Å²) in [7, 11) is -0.537. The molecule has 22 heavy (non-hydrogen) atoms. The van der Waals surface area contributed by atoms with Crippen LogP contribution in [0.5, 0.6) is 0 Å². The van der Waals surface area contributed by atoms with E-state index in [-0.39, 0.29) is 22.0 Å². The van der Waals surface area contributed by atoms with Crippen molar-refractivity contribution in [2.45, 2.75) is 24.3 Å². The Morgan fingerprint density at radius 2 is 1.50 bits per heavy atom. The van der Waals surface area contributed by atoms with E-state index in [0.29, 0.717) is 5.56 Å². The van der Waals surface area contributed by atoms with Gasteiger partial charge in [0.15, 0.2) is 10.0 Å². The summed E-state index contributed by atoms with van der Waals surface area (Å²) in [6, 6.07) is 4.75. The molecule has 0 amide bonds. The van der Waals surface area contributed by atoms with Gasteiger partial charge >= 0.3 is 33.9 Å². The molecule has 0 atom stereocenters. The maximum absolute atomic E-state index is 11.9. The van der Waals surface area contributed by atoms with Crippen molar-refractivity contribution in [2.24, 2.45) is 0 Å². The molecule has 1 N–H and O–H groups in total. The van der Waals surface area contributed by atoms with Crippen LogP contribution in [0.25, 0.3) is 0 Å². The standard InChI is InChI=1S/C10H16NO3S.3CO.Mn/c1-10(2,12)8-6-5-7-9(8)15(13,14)11(3)4;3*1-2;/h5-7,12H,1-4H3;;;;/q-1;;;;. The Bertz CT molecular complexity index is 549. The summed E-state index contributed by atoms with van der Waals surface area (Å²) >= 11 is 0. The summed E-state index contributed by atoms with van der Waals surface area (Å²) in [5.74, 6) is 0. The maximum atomic E-state index is 11.9. The summed E-state index contributed by atoms with van der Waals surface area (Å²) < 4.78 is 47.4. The van der Waals surface area contributed by atoms with Crippen LogP contribution in [0.15, 0.2) is 23.1 Å². The average molecular weight is 369 g/mol. The zero-order chi connectivity index (χ0) is 17.9. The van der Waals surface area contributed by atoms with Crippen LogP contribution in [-0.2, 0) is 46.6 Å². The number of hydrogen-bond acceptors (Lipinski definition) is 3. The molecule has 1 aromatic rings. The summed E-state index contributed by atoms with van der Waals surface area (Å²) in [6.07, 6.45) is 0. The van der Waals surface area contributed by atoms with Crippen molar-refractivity contribution in [1.29, 1.82) is 0 Å². The Hall–Kier alpha value is -1.04. The van der Waals surface area contributed by atoms with Gasteiger partial charge in [0.25, 0.3) is 0 Å². The van der Waals surface area contributed by atoms with Crippen LogP contribution in [0.1, 0.15) is 19.4 Å². The molecule has 0 aliphatic carbocycles. The van der Waals surface area contributed by atoms with Gasteiger partial charge in [-0.15, -0.1) is 5.56 Å². The quantitative estimate of drug-likeness (QED) is 0.482. The minimum Gasteiger partial charge on any atom is 0 e. The van der Waals surface area contributed by atoms with E-state index in [2.05, 4.69) is 20.0 Å². The van der Waals surface area contributed by atoms with Crippen LogP contribution in [0.2, 0.25) is 0 Å². The molecule has 0 spiro atoms. The van der Waals surface area contributed by atoms with Gasteiger partial charge in [-0.1, -0.05) is 0 Å². The van der Waals surface area contributed by atoms with E-state index in [0.717, 1.165) is 4.31 Å². The van der Waals surface area contributed by atoms with E-state index in [1.165, 1.54) is 20.2 Å². The number of nitrogens with zero attached hydrogens (tertiary/aromatic N) is 1. The molecule has 123 valence electrons. The summed E-state index contributed by atoms with van der Waals surface area (Å²) in [5, 5.41) is 9.82. The summed E-state index contributed by atoms with van der Waals surface area (Å²) in [6.45, 7) is 16.6. The van der Waals surface area contributed by atoms with Gasteiger partial charge in [0, 0.05) is 31.2 Å². The first-order valence-electron chi connectivity index (χ1n) is 5.19. The van der Waals surface area contributed by atoms with Crippen molar-refractivity contribution in [3.8, 4) is 0 Å². The molecule has 0 bridgehead atoms. The van der Waals surface area contributed by atoms with Crippen LogP contribution < -0.4 is 0 Å². The third-order valence-corrected chi connectivity index (χ3v) is 4.07. The summed E-state index contributed by atoms with van der Waals surface area (Å²) in [4.78, 5) is 0.167. The van der Waals surface area contributed by atoms with E-state index in [4.69, 9.17) is 14.0 Å². The largest absolute Gasteiger partial charge is 0 e. The Morgan fingerprint density at radius 3 is 1.77 bits per heavy atom. The minimum absolute atomic E-state index is 0. The first-order valence-corrected chi connectivity index (χ1v) is 6.63. The second kappa shape index (κ2) is 13.6. The molecule has 0 fully saturated rings. The molecule has 0 saturated carbocycles. The van der Waals surface area contributed by atoms with Crippen LogP contribution in [0.3, 0.4) is 0 Å². The fraction of sp³-hybridized carbons (Fsp3) is 0.385. The molecule has 0 saturated heterocycles. The van der Waals surface area contributed by atoms with E-state index in [1.54, 1.807) is 26.0 Å². The smallest absolute Gasteiger partial charge is 0 e. The van der Waals surface area contributed by atoms with Gasteiger partial charge < -0.3 is 5.11 Å². The van der Waals surface area contributed by atoms with Crippen molar-refractivity contribution >= 4 is 10.0 Å². The van der Waals surface area contributed by atoms with Gasteiger partial charge in [-0.2, -0.15) is 6.07 Å². The average Bonchev–Trinajstić information content (AvgIpc) is 2.95. The van der Waals surface area contributed by atoms with Gasteiger partial charge in [-0.05, 0) is 18.7 Å². The molecule has 1 radical (unpaired) electrons. The Balaban J connectivity index is -0.000000206. The van der Waals surface area contributed by atoms with Crippen molar-refractivity contribution in [1.82, 2.24) is 4.31 Å². The molecule has 7 nitrogen and oxygen atoms in total. The van der Waals surface area contributed by atoms with Crippen LogP contribution >= 0.6 is 0 Å². The van der Waals surface area contributed by atoms with Gasteiger partial charge in [-0.3, -0.25) is 0 Å². The molecule has 0 aromatic heterocycles. The normalized spacial score (nSPS) is 9.45. The molecule has 9 heteroatoms. The predicted molar refractivity (Wildman–Crippen MR) is 69.9 cm³/mol. The fourth-order valence-electron chi connectivity index (χ4n) is 1.33. The number of hydrogen-bond donors (Lipinski definition) is 1. The molecular weight excluding hydrogens is 353 g/mol. The molecule has 1 rings (SSSR count). The van der Waals surface area contributed by atoms with Crippen molar-refractivity contribution < 1.29 is 44.5 Å². The van der Waals surface area contributed by atoms with Crippen molar-refractivity contribution in [2.75, 3.05) is 14.1 Å². The zero-order valence-corrected chi connectivity index (χ0v) is 14.5. The number of aliphatic hydroxyl groups is 1. The third-order valence-electron chi connectivity index (χ3n) is 2.19. The van der Waals surface area contributed by atoms with Gasteiger partial charge in [0.2, 0.25) is 0 Å². The molecule has 1 aromatic carbocycles. The van der Waals surface area contributed by atoms with Gasteiger partial charge in [0.1, 0.15) is 0 Å². The SMILES string of the molecule is CN(C)S(=O)(=O)[c-]1cccc1C(C)(C)O.[C-]#[O+].[C-]#[O+].[C-]#[O+].[Mn]. The molecule has 0 heterocycles. The molecule has 0 unspecified atom stereocenters. The Labute approximate surface area is 141 Å². The van der Waals surface area contributed by atoms with Crippen molar-refractivity contribution in [3.05, 3.63) is 43.7 Å². The van der Waals surface area contributed by atoms with Crippen molar-refractivity contribution in [3.63, 3.8) is 0 Å². The van der Waals surface area contributed by atoms with E-state index in [1.807, 2.05) is 0 Å². The Kier molecular flexibility index (Phi) is 18.0. The minimum atomic E-state index is -3.47.